The van der Waals surface area contributed by atoms with Crippen molar-refractivity contribution >= 4 is 11.9 Å². The second kappa shape index (κ2) is 9.88. The first kappa shape index (κ1) is 19.9. The van der Waals surface area contributed by atoms with Crippen molar-refractivity contribution < 1.29 is 19.1 Å². The van der Waals surface area contributed by atoms with Crippen LogP contribution in [0.1, 0.15) is 40.0 Å². The third-order valence-electron chi connectivity index (χ3n) is 4.07. The number of carbonyl (C=O) groups excluding carboxylic acids is 2. The molecule has 1 rings (SSSR count). The highest BCUT2D eigenvalue weighted by Gasteiger charge is 2.26. The number of likely N-dealkylation sites (N-methyl/N-ethyl adjacent to an activating group) is 1. The summed E-state index contributed by atoms with van der Waals surface area (Å²) in [6.07, 6.45) is 1.90. The molecule has 1 unspecified atom stereocenters. The highest BCUT2D eigenvalue weighted by Crippen LogP contribution is 2.15. The van der Waals surface area contributed by atoms with E-state index >= 15 is 0 Å². The second-order valence-electron chi connectivity index (χ2n) is 6.90. The third kappa shape index (κ3) is 7.79. The van der Waals surface area contributed by atoms with Crippen LogP contribution in [0.2, 0.25) is 0 Å². The summed E-state index contributed by atoms with van der Waals surface area (Å²) in [5.41, 5.74) is 0. The number of carbonyl (C=O) groups is 2. The zero-order valence-corrected chi connectivity index (χ0v) is 15.2. The number of piperidine rings is 1. The molecule has 0 bridgehead atoms. The Morgan fingerprint density at radius 1 is 1.17 bits per heavy atom. The lowest BCUT2D eigenvalue weighted by atomic mass is 10.1. The topological polar surface area (TPSA) is 59.1 Å². The van der Waals surface area contributed by atoms with E-state index in [1.54, 1.807) is 25.9 Å². The molecule has 23 heavy (non-hydrogen) atoms. The highest BCUT2D eigenvalue weighted by atomic mass is 16.6. The SMILES string of the molecule is CC(C)CCOC(C)C(=O)OC1CCN(CC(=O)N(C)C)CC1. The highest BCUT2D eigenvalue weighted by molar-refractivity contribution is 5.77. The first-order valence-electron chi connectivity index (χ1n) is 8.54. The smallest absolute Gasteiger partial charge is 0.335 e. The van der Waals surface area contributed by atoms with Crippen molar-refractivity contribution in [2.24, 2.45) is 5.92 Å². The van der Waals surface area contributed by atoms with Gasteiger partial charge < -0.3 is 14.4 Å². The summed E-state index contributed by atoms with van der Waals surface area (Å²) in [4.78, 5) is 27.4. The van der Waals surface area contributed by atoms with Crippen molar-refractivity contribution in [1.82, 2.24) is 9.80 Å². The summed E-state index contributed by atoms with van der Waals surface area (Å²) < 4.78 is 11.0. The van der Waals surface area contributed by atoms with Gasteiger partial charge in [0.15, 0.2) is 6.10 Å². The molecule has 1 amide bonds. The predicted molar refractivity (Wildman–Crippen MR) is 89.1 cm³/mol. The van der Waals surface area contributed by atoms with E-state index in [-0.39, 0.29) is 18.0 Å². The molecule has 1 aliphatic heterocycles. The Labute approximate surface area is 140 Å². The number of esters is 1. The van der Waals surface area contributed by atoms with E-state index in [0.29, 0.717) is 19.1 Å². The van der Waals surface area contributed by atoms with Gasteiger partial charge in [0.2, 0.25) is 5.91 Å². The Morgan fingerprint density at radius 3 is 2.30 bits per heavy atom. The summed E-state index contributed by atoms with van der Waals surface area (Å²) in [6, 6.07) is 0. The Balaban J connectivity index is 2.24. The molecule has 1 fully saturated rings. The fraction of sp³-hybridized carbons (Fsp3) is 0.882. The number of hydrogen-bond donors (Lipinski definition) is 0. The lowest BCUT2D eigenvalue weighted by molar-refractivity contribution is -0.164. The first-order chi connectivity index (χ1) is 10.8. The molecule has 134 valence electrons. The summed E-state index contributed by atoms with van der Waals surface area (Å²) in [5.74, 6) is 0.386. The van der Waals surface area contributed by atoms with Crippen LogP contribution >= 0.6 is 0 Å². The van der Waals surface area contributed by atoms with Crippen LogP contribution in [-0.2, 0) is 19.1 Å². The Hall–Kier alpha value is -1.14. The summed E-state index contributed by atoms with van der Waals surface area (Å²) >= 11 is 0. The molecule has 6 heteroatoms. The second-order valence-corrected chi connectivity index (χ2v) is 6.90. The van der Waals surface area contributed by atoms with Crippen LogP contribution in [0.3, 0.4) is 0 Å². The largest absolute Gasteiger partial charge is 0.460 e. The van der Waals surface area contributed by atoms with Crippen LogP contribution in [0, 0.1) is 5.92 Å². The molecule has 0 aliphatic carbocycles. The molecule has 6 nitrogen and oxygen atoms in total. The zero-order chi connectivity index (χ0) is 17.4. The molecule has 1 aliphatic rings. The van der Waals surface area contributed by atoms with Gasteiger partial charge in [0.05, 0.1) is 6.54 Å². The van der Waals surface area contributed by atoms with Crippen molar-refractivity contribution in [2.45, 2.75) is 52.2 Å². The van der Waals surface area contributed by atoms with E-state index in [2.05, 4.69) is 18.7 Å². The normalized spacial score (nSPS) is 18.0. The molecule has 0 aromatic heterocycles. The van der Waals surface area contributed by atoms with Gasteiger partial charge in [-0.1, -0.05) is 13.8 Å². The van der Waals surface area contributed by atoms with Crippen molar-refractivity contribution in [3.05, 3.63) is 0 Å². The third-order valence-corrected chi connectivity index (χ3v) is 4.07. The standard InChI is InChI=1S/C17H32N2O4/c1-13(2)8-11-22-14(3)17(21)23-15-6-9-19(10-7-15)12-16(20)18(4)5/h13-15H,6-12H2,1-5H3. The lowest BCUT2D eigenvalue weighted by Gasteiger charge is -2.32. The van der Waals surface area contributed by atoms with E-state index in [4.69, 9.17) is 9.47 Å². The van der Waals surface area contributed by atoms with Gasteiger partial charge >= 0.3 is 5.97 Å². The van der Waals surface area contributed by atoms with Gasteiger partial charge in [0, 0.05) is 33.8 Å². The van der Waals surface area contributed by atoms with Gasteiger partial charge in [-0.25, -0.2) is 4.79 Å². The van der Waals surface area contributed by atoms with Gasteiger partial charge in [-0.2, -0.15) is 0 Å². The number of rotatable bonds is 8. The van der Waals surface area contributed by atoms with E-state index in [0.717, 1.165) is 32.4 Å². The lowest BCUT2D eigenvalue weighted by Crippen LogP contribution is -2.43. The fourth-order valence-corrected chi connectivity index (χ4v) is 2.33. The predicted octanol–water partition coefficient (Wildman–Crippen LogP) is 1.53. The first-order valence-corrected chi connectivity index (χ1v) is 8.54. The van der Waals surface area contributed by atoms with Crippen molar-refractivity contribution in [3.63, 3.8) is 0 Å². The summed E-state index contributed by atoms with van der Waals surface area (Å²) in [6.45, 7) is 8.57. The van der Waals surface area contributed by atoms with Gasteiger partial charge in [-0.15, -0.1) is 0 Å². The van der Waals surface area contributed by atoms with Crippen LogP contribution in [0.15, 0.2) is 0 Å². The average Bonchev–Trinajstić information content (AvgIpc) is 2.48. The molecule has 0 N–H and O–H groups in total. The van der Waals surface area contributed by atoms with E-state index < -0.39 is 6.10 Å². The minimum absolute atomic E-state index is 0.0654. The molecule has 0 aromatic rings. The van der Waals surface area contributed by atoms with Gasteiger partial charge in [0.25, 0.3) is 0 Å². The molecule has 0 spiro atoms. The minimum Gasteiger partial charge on any atom is -0.460 e. The molecule has 1 heterocycles. The number of amides is 1. The molecular weight excluding hydrogens is 296 g/mol. The molecular formula is C17H32N2O4. The number of hydrogen-bond acceptors (Lipinski definition) is 5. The maximum Gasteiger partial charge on any atom is 0.335 e. The number of likely N-dealkylation sites (tertiary alicyclic amines) is 1. The van der Waals surface area contributed by atoms with Gasteiger partial charge in [0.1, 0.15) is 6.10 Å². The van der Waals surface area contributed by atoms with Crippen molar-refractivity contribution in [2.75, 3.05) is 40.3 Å². The Morgan fingerprint density at radius 2 is 1.78 bits per heavy atom. The minimum atomic E-state index is -0.512. The van der Waals surface area contributed by atoms with E-state index in [9.17, 15) is 9.59 Å². The van der Waals surface area contributed by atoms with Crippen LogP contribution in [0.4, 0.5) is 0 Å². The molecule has 0 saturated carbocycles. The Bertz CT molecular complexity index is 377. The fourth-order valence-electron chi connectivity index (χ4n) is 2.33. The maximum atomic E-state index is 12.0. The maximum absolute atomic E-state index is 12.0. The van der Waals surface area contributed by atoms with Crippen LogP contribution in [0.5, 0.6) is 0 Å². The Kier molecular flexibility index (Phi) is 8.55. The van der Waals surface area contributed by atoms with E-state index in [1.165, 1.54) is 0 Å². The quantitative estimate of drug-likeness (QED) is 0.633. The van der Waals surface area contributed by atoms with Gasteiger partial charge in [-0.3, -0.25) is 9.69 Å². The summed E-state index contributed by atoms with van der Waals surface area (Å²) in [7, 11) is 3.52. The summed E-state index contributed by atoms with van der Waals surface area (Å²) in [5, 5.41) is 0. The van der Waals surface area contributed by atoms with E-state index in [1.807, 2.05) is 0 Å². The molecule has 1 saturated heterocycles. The average molecular weight is 328 g/mol. The zero-order valence-electron chi connectivity index (χ0n) is 15.2. The van der Waals surface area contributed by atoms with Crippen LogP contribution in [0.25, 0.3) is 0 Å². The van der Waals surface area contributed by atoms with Crippen LogP contribution in [-0.4, -0.2) is 74.2 Å². The van der Waals surface area contributed by atoms with Crippen LogP contribution < -0.4 is 0 Å². The molecule has 0 aromatic carbocycles. The van der Waals surface area contributed by atoms with Gasteiger partial charge in [-0.05, 0) is 32.1 Å². The number of ether oxygens (including phenoxy) is 2. The number of nitrogens with zero attached hydrogens (tertiary/aromatic N) is 2. The molecule has 0 radical (unpaired) electrons. The molecule has 1 atom stereocenters. The monoisotopic (exact) mass is 328 g/mol. The van der Waals surface area contributed by atoms with Crippen molar-refractivity contribution in [3.8, 4) is 0 Å². The van der Waals surface area contributed by atoms with Crippen molar-refractivity contribution in [1.29, 1.82) is 0 Å².